The maximum Gasteiger partial charge on any atom is 0.321 e. The summed E-state index contributed by atoms with van der Waals surface area (Å²) in [6.07, 6.45) is 3.33. The third-order valence-corrected chi connectivity index (χ3v) is 5.10. The zero-order valence-electron chi connectivity index (χ0n) is 16.0. The zero-order valence-corrected chi connectivity index (χ0v) is 16.8. The number of nitrogens with zero attached hydrogens (tertiary/aromatic N) is 2. The molecule has 3 aromatic rings. The Hall–Kier alpha value is -3.07. The minimum atomic E-state index is -0.525. The van der Waals surface area contributed by atoms with Crippen molar-refractivity contribution in [2.45, 2.75) is 31.5 Å². The topological polar surface area (TPSA) is 106 Å². The van der Waals surface area contributed by atoms with Crippen LogP contribution in [0.15, 0.2) is 57.0 Å². The highest BCUT2D eigenvalue weighted by atomic mass is 32.2. The molecule has 2 N–H and O–H groups in total. The number of hydrogen-bond acceptors (Lipinski definition) is 6. The highest BCUT2D eigenvalue weighted by Gasteiger charge is 2.15. The molecule has 0 aliphatic carbocycles. The second kappa shape index (κ2) is 9.92. The van der Waals surface area contributed by atoms with Crippen LogP contribution in [0.25, 0.3) is 10.9 Å². The van der Waals surface area contributed by atoms with E-state index in [9.17, 15) is 14.4 Å². The van der Waals surface area contributed by atoms with Gasteiger partial charge in [0.25, 0.3) is 5.56 Å². The Bertz CT molecular complexity index is 1050. The number of amides is 3. The van der Waals surface area contributed by atoms with Crippen LogP contribution >= 0.6 is 11.8 Å². The van der Waals surface area contributed by atoms with Gasteiger partial charge in [-0.15, -0.1) is 0 Å². The summed E-state index contributed by atoms with van der Waals surface area (Å²) < 4.78 is 6.83. The number of imide groups is 1. The molecular weight excluding hydrogens is 392 g/mol. The Morgan fingerprint density at radius 2 is 2.03 bits per heavy atom. The number of furan rings is 1. The van der Waals surface area contributed by atoms with Crippen molar-refractivity contribution in [3.63, 3.8) is 0 Å². The molecule has 0 saturated heterocycles. The van der Waals surface area contributed by atoms with E-state index >= 15 is 0 Å². The van der Waals surface area contributed by atoms with E-state index in [0.29, 0.717) is 28.4 Å². The minimum Gasteiger partial charge on any atom is -0.467 e. The van der Waals surface area contributed by atoms with Crippen LogP contribution in [0.4, 0.5) is 4.79 Å². The summed E-state index contributed by atoms with van der Waals surface area (Å²) in [6.45, 7) is 2.73. The number of thioether (sulfide) groups is 1. The van der Waals surface area contributed by atoms with Crippen LogP contribution in [0, 0.1) is 0 Å². The molecule has 9 heteroatoms. The van der Waals surface area contributed by atoms with Gasteiger partial charge in [-0.05, 0) is 30.7 Å². The van der Waals surface area contributed by atoms with Gasteiger partial charge in [-0.2, -0.15) is 0 Å². The van der Waals surface area contributed by atoms with Crippen molar-refractivity contribution in [3.8, 4) is 0 Å². The van der Waals surface area contributed by atoms with Crippen molar-refractivity contribution >= 4 is 34.6 Å². The Balaban J connectivity index is 1.76. The van der Waals surface area contributed by atoms with E-state index in [4.69, 9.17) is 4.42 Å². The molecule has 152 valence electrons. The molecule has 0 saturated carbocycles. The first kappa shape index (κ1) is 20.7. The number of urea groups is 1. The van der Waals surface area contributed by atoms with E-state index in [1.807, 2.05) is 6.92 Å². The summed E-state index contributed by atoms with van der Waals surface area (Å²) in [6, 6.07) is 10.0. The standard InChI is InChI=1S/C20H22N4O4S/c1-2-3-10-21-19(27)23-17(25)13-29-20-22-16-9-5-4-8-15(16)18(26)24(20)12-14-7-6-11-28-14/h4-9,11H,2-3,10,12-13H2,1H3,(H2,21,23,25,27). The summed E-state index contributed by atoms with van der Waals surface area (Å²) in [4.78, 5) is 41.3. The van der Waals surface area contributed by atoms with Crippen LogP contribution in [0.3, 0.4) is 0 Å². The van der Waals surface area contributed by atoms with Crippen molar-refractivity contribution < 1.29 is 14.0 Å². The lowest BCUT2D eigenvalue weighted by Crippen LogP contribution is -2.40. The number of fused-ring (bicyclic) bond motifs is 1. The van der Waals surface area contributed by atoms with Crippen molar-refractivity contribution in [3.05, 3.63) is 58.8 Å². The second-order valence-corrected chi connectivity index (χ2v) is 7.27. The smallest absolute Gasteiger partial charge is 0.321 e. The number of carbonyl (C=O) groups is 2. The maximum atomic E-state index is 12.9. The van der Waals surface area contributed by atoms with Gasteiger partial charge in [0.15, 0.2) is 5.16 Å². The molecular formula is C20H22N4O4S. The lowest BCUT2D eigenvalue weighted by atomic mass is 10.2. The molecule has 29 heavy (non-hydrogen) atoms. The summed E-state index contributed by atoms with van der Waals surface area (Å²) in [5.41, 5.74) is 0.334. The average Bonchev–Trinajstić information content (AvgIpc) is 3.22. The predicted molar refractivity (Wildman–Crippen MR) is 111 cm³/mol. The number of aromatic nitrogens is 2. The summed E-state index contributed by atoms with van der Waals surface area (Å²) in [5.74, 6) is 0.0890. The number of nitrogens with one attached hydrogen (secondary N) is 2. The number of para-hydroxylation sites is 1. The highest BCUT2D eigenvalue weighted by molar-refractivity contribution is 7.99. The van der Waals surface area contributed by atoms with E-state index in [0.717, 1.165) is 24.6 Å². The molecule has 0 aliphatic heterocycles. The van der Waals surface area contributed by atoms with Crippen LogP contribution in [0.1, 0.15) is 25.5 Å². The van der Waals surface area contributed by atoms with E-state index in [2.05, 4.69) is 15.6 Å². The Kier molecular flexibility index (Phi) is 7.07. The molecule has 8 nitrogen and oxygen atoms in total. The summed E-state index contributed by atoms with van der Waals surface area (Å²) >= 11 is 1.09. The third-order valence-electron chi connectivity index (χ3n) is 4.12. The fourth-order valence-electron chi connectivity index (χ4n) is 2.67. The molecule has 0 bridgehead atoms. The SMILES string of the molecule is CCCCNC(=O)NC(=O)CSc1nc2ccccc2c(=O)n1Cc1ccco1. The molecule has 2 aromatic heterocycles. The quantitative estimate of drug-likeness (QED) is 0.334. The lowest BCUT2D eigenvalue weighted by Gasteiger charge is -2.12. The van der Waals surface area contributed by atoms with E-state index in [1.165, 1.54) is 10.8 Å². The molecule has 3 amide bonds. The molecule has 0 spiro atoms. The molecule has 0 unspecified atom stereocenters. The van der Waals surface area contributed by atoms with Crippen molar-refractivity contribution in [2.75, 3.05) is 12.3 Å². The van der Waals surface area contributed by atoms with Crippen molar-refractivity contribution in [1.29, 1.82) is 0 Å². The zero-order chi connectivity index (χ0) is 20.6. The fourth-order valence-corrected chi connectivity index (χ4v) is 3.47. The first-order valence-corrected chi connectivity index (χ1v) is 10.3. The number of unbranched alkanes of at least 4 members (excludes halogenated alkanes) is 1. The molecule has 0 aliphatic rings. The van der Waals surface area contributed by atoms with E-state index in [1.54, 1.807) is 36.4 Å². The number of carbonyl (C=O) groups excluding carboxylic acids is 2. The maximum absolute atomic E-state index is 12.9. The van der Waals surface area contributed by atoms with Gasteiger partial charge < -0.3 is 9.73 Å². The monoisotopic (exact) mass is 414 g/mol. The van der Waals surface area contributed by atoms with Crippen molar-refractivity contribution in [2.24, 2.45) is 0 Å². The first-order valence-electron chi connectivity index (χ1n) is 9.31. The van der Waals surface area contributed by atoms with E-state index < -0.39 is 11.9 Å². The Morgan fingerprint density at radius 3 is 2.79 bits per heavy atom. The van der Waals surface area contributed by atoms with Crippen LogP contribution in [0.5, 0.6) is 0 Å². The van der Waals surface area contributed by atoms with Gasteiger partial charge in [-0.25, -0.2) is 9.78 Å². The van der Waals surface area contributed by atoms with Crippen LogP contribution in [-0.4, -0.2) is 33.8 Å². The van der Waals surface area contributed by atoms with Crippen LogP contribution in [0.2, 0.25) is 0 Å². The van der Waals surface area contributed by atoms with Crippen LogP contribution < -0.4 is 16.2 Å². The number of hydrogen-bond donors (Lipinski definition) is 2. The van der Waals surface area contributed by atoms with Crippen molar-refractivity contribution in [1.82, 2.24) is 20.2 Å². The lowest BCUT2D eigenvalue weighted by molar-refractivity contribution is -0.117. The molecule has 1 aromatic carbocycles. The Labute approximate surface area is 171 Å². The molecule has 0 atom stereocenters. The third kappa shape index (κ3) is 5.47. The van der Waals surface area contributed by atoms with Gasteiger partial charge in [0.1, 0.15) is 5.76 Å². The summed E-state index contributed by atoms with van der Waals surface area (Å²) in [7, 11) is 0. The second-order valence-electron chi connectivity index (χ2n) is 6.33. The van der Waals surface area contributed by atoms with Gasteiger partial charge in [0.05, 0.1) is 29.5 Å². The number of rotatable bonds is 8. The summed E-state index contributed by atoms with van der Waals surface area (Å²) in [5, 5.41) is 5.78. The fraction of sp³-hybridized carbons (Fsp3) is 0.300. The minimum absolute atomic E-state index is 0.0515. The van der Waals surface area contributed by atoms with Crippen LogP contribution in [-0.2, 0) is 11.3 Å². The van der Waals surface area contributed by atoms with Gasteiger partial charge in [-0.1, -0.05) is 37.2 Å². The van der Waals surface area contributed by atoms with Gasteiger partial charge >= 0.3 is 6.03 Å². The Morgan fingerprint density at radius 1 is 1.21 bits per heavy atom. The van der Waals surface area contributed by atoms with Gasteiger partial charge in [0, 0.05) is 6.54 Å². The van der Waals surface area contributed by atoms with E-state index in [-0.39, 0.29) is 17.9 Å². The first-order chi connectivity index (χ1) is 14.1. The normalized spacial score (nSPS) is 10.8. The largest absolute Gasteiger partial charge is 0.467 e. The molecule has 3 rings (SSSR count). The van der Waals surface area contributed by atoms with Gasteiger partial charge in [0.2, 0.25) is 5.91 Å². The molecule has 0 fully saturated rings. The highest BCUT2D eigenvalue weighted by Crippen LogP contribution is 2.19. The predicted octanol–water partition coefficient (Wildman–Crippen LogP) is 2.76. The molecule has 0 radical (unpaired) electrons. The average molecular weight is 414 g/mol. The molecule has 2 heterocycles. The number of benzene rings is 1. The van der Waals surface area contributed by atoms with Gasteiger partial charge in [-0.3, -0.25) is 19.5 Å².